The molecule has 0 aliphatic rings. The largest absolute Gasteiger partial charge is 0.334 e. The molecule has 19 heavy (non-hydrogen) atoms. The van der Waals surface area contributed by atoms with Gasteiger partial charge >= 0.3 is 0 Å². The first-order chi connectivity index (χ1) is 8.80. The summed E-state index contributed by atoms with van der Waals surface area (Å²) in [6.45, 7) is 8.04. The highest BCUT2D eigenvalue weighted by molar-refractivity contribution is 6.33. The van der Waals surface area contributed by atoms with Gasteiger partial charge in [-0.25, -0.2) is 0 Å². The Morgan fingerprint density at radius 3 is 2.63 bits per heavy atom. The van der Waals surface area contributed by atoms with Gasteiger partial charge in [-0.3, -0.25) is 0 Å². The van der Waals surface area contributed by atoms with Gasteiger partial charge in [0, 0.05) is 0 Å². The molecular weight excluding hydrogens is 262 g/mol. The van der Waals surface area contributed by atoms with Crippen LogP contribution in [0.3, 0.4) is 0 Å². The lowest BCUT2D eigenvalue weighted by molar-refractivity contribution is 0.303. The number of aryl methyl sites for hydroxylation is 1. The highest BCUT2D eigenvalue weighted by Gasteiger charge is 2.27. The zero-order valence-electron chi connectivity index (χ0n) is 11.6. The monoisotopic (exact) mass is 279 g/mol. The Kier molecular flexibility index (Phi) is 3.65. The van der Waals surface area contributed by atoms with E-state index in [1.807, 2.05) is 45.9 Å². The Hall–Kier alpha value is -1.39. The molecule has 0 saturated heterocycles. The van der Waals surface area contributed by atoms with E-state index in [1.54, 1.807) is 0 Å². The van der Waals surface area contributed by atoms with Gasteiger partial charge in [-0.15, -0.1) is 0 Å². The molecule has 1 aromatic carbocycles. The number of benzene rings is 1. The molecule has 0 radical (unpaired) electrons. The van der Waals surface area contributed by atoms with Gasteiger partial charge in [0.05, 0.1) is 16.6 Å². The van der Waals surface area contributed by atoms with E-state index in [4.69, 9.17) is 21.9 Å². The minimum atomic E-state index is -0.284. The van der Waals surface area contributed by atoms with E-state index in [-0.39, 0.29) is 11.5 Å². The van der Waals surface area contributed by atoms with Crippen LogP contribution in [0.25, 0.3) is 11.5 Å². The molecule has 1 unspecified atom stereocenters. The molecule has 0 bridgehead atoms. The maximum Gasteiger partial charge on any atom is 0.259 e. The number of nitrogens with two attached hydrogens (primary N) is 1. The van der Waals surface area contributed by atoms with Gasteiger partial charge in [0.2, 0.25) is 0 Å². The fourth-order valence-corrected chi connectivity index (χ4v) is 1.88. The zero-order chi connectivity index (χ0) is 14.2. The Morgan fingerprint density at radius 2 is 2.00 bits per heavy atom. The van der Waals surface area contributed by atoms with Crippen molar-refractivity contribution < 1.29 is 4.52 Å². The van der Waals surface area contributed by atoms with Crippen molar-refractivity contribution in [3.63, 3.8) is 0 Å². The smallest absolute Gasteiger partial charge is 0.259 e. The quantitative estimate of drug-likeness (QED) is 0.909. The lowest BCUT2D eigenvalue weighted by Gasteiger charge is -2.23. The van der Waals surface area contributed by atoms with Crippen LogP contribution in [0.4, 0.5) is 0 Å². The Labute approximate surface area is 118 Å². The van der Waals surface area contributed by atoms with Crippen molar-refractivity contribution in [1.29, 1.82) is 0 Å². The minimum Gasteiger partial charge on any atom is -0.334 e. The normalized spacial score (nSPS) is 13.6. The lowest BCUT2D eigenvalue weighted by atomic mass is 9.87. The molecule has 4 nitrogen and oxygen atoms in total. The molecule has 0 amide bonds. The molecule has 5 heteroatoms. The standard InChI is InChI=1S/C14H18ClN3O/c1-8-6-5-7-9(10(8)15)13-17-12(18-19-13)11(16)14(2,3)4/h5-7,11H,16H2,1-4H3. The molecule has 2 aromatic rings. The predicted octanol–water partition coefficient (Wildman–Crippen LogP) is 3.74. The number of rotatable bonds is 2. The molecular formula is C14H18ClN3O. The number of hydrogen-bond donors (Lipinski definition) is 1. The molecule has 0 aliphatic carbocycles. The van der Waals surface area contributed by atoms with Crippen molar-refractivity contribution in [2.24, 2.45) is 11.1 Å². The third-order valence-electron chi connectivity index (χ3n) is 3.08. The van der Waals surface area contributed by atoms with Gasteiger partial charge in [0.15, 0.2) is 5.82 Å². The zero-order valence-corrected chi connectivity index (χ0v) is 12.3. The van der Waals surface area contributed by atoms with Gasteiger partial charge in [-0.05, 0) is 24.0 Å². The van der Waals surface area contributed by atoms with Gasteiger partial charge < -0.3 is 10.3 Å². The topological polar surface area (TPSA) is 64.9 Å². The van der Waals surface area contributed by atoms with E-state index in [9.17, 15) is 0 Å². The summed E-state index contributed by atoms with van der Waals surface area (Å²) < 4.78 is 5.28. The van der Waals surface area contributed by atoms with Crippen LogP contribution >= 0.6 is 11.6 Å². The maximum absolute atomic E-state index is 6.25. The van der Waals surface area contributed by atoms with Crippen molar-refractivity contribution in [3.8, 4) is 11.5 Å². The molecule has 2 rings (SSSR count). The van der Waals surface area contributed by atoms with Crippen LogP contribution in [0.1, 0.15) is 38.2 Å². The Balaban J connectivity index is 2.39. The first-order valence-electron chi connectivity index (χ1n) is 6.15. The lowest BCUT2D eigenvalue weighted by Crippen LogP contribution is -2.27. The SMILES string of the molecule is Cc1cccc(-c2nc(C(N)C(C)(C)C)no2)c1Cl. The van der Waals surface area contributed by atoms with Crippen molar-refractivity contribution in [1.82, 2.24) is 10.1 Å². The van der Waals surface area contributed by atoms with E-state index in [0.717, 1.165) is 11.1 Å². The fourth-order valence-electron chi connectivity index (χ4n) is 1.67. The van der Waals surface area contributed by atoms with Gasteiger partial charge in [-0.2, -0.15) is 4.98 Å². The van der Waals surface area contributed by atoms with Crippen LogP contribution in [0.2, 0.25) is 5.02 Å². The second-order valence-corrected chi connectivity index (χ2v) is 6.12. The van der Waals surface area contributed by atoms with Gasteiger partial charge in [-0.1, -0.05) is 49.7 Å². The van der Waals surface area contributed by atoms with E-state index in [2.05, 4.69) is 10.1 Å². The molecule has 2 N–H and O–H groups in total. The second kappa shape index (κ2) is 4.94. The summed E-state index contributed by atoms with van der Waals surface area (Å²) in [6.07, 6.45) is 0. The highest BCUT2D eigenvalue weighted by atomic mass is 35.5. The average molecular weight is 280 g/mol. The van der Waals surface area contributed by atoms with Crippen molar-refractivity contribution in [3.05, 3.63) is 34.6 Å². The van der Waals surface area contributed by atoms with E-state index < -0.39 is 0 Å². The van der Waals surface area contributed by atoms with Crippen LogP contribution < -0.4 is 5.73 Å². The molecule has 0 saturated carbocycles. The van der Waals surface area contributed by atoms with Crippen LogP contribution in [0.15, 0.2) is 22.7 Å². The van der Waals surface area contributed by atoms with E-state index in [0.29, 0.717) is 16.7 Å². The number of aromatic nitrogens is 2. The van der Waals surface area contributed by atoms with Gasteiger partial charge in [0.1, 0.15) is 0 Å². The molecule has 1 aromatic heterocycles. The van der Waals surface area contributed by atoms with Crippen molar-refractivity contribution in [2.45, 2.75) is 33.7 Å². The molecule has 1 heterocycles. The summed E-state index contributed by atoms with van der Waals surface area (Å²) >= 11 is 6.25. The van der Waals surface area contributed by atoms with E-state index >= 15 is 0 Å². The molecule has 0 fully saturated rings. The Morgan fingerprint density at radius 1 is 1.32 bits per heavy atom. The summed E-state index contributed by atoms with van der Waals surface area (Å²) in [7, 11) is 0. The minimum absolute atomic E-state index is 0.127. The first kappa shape index (κ1) is 14.0. The number of halogens is 1. The maximum atomic E-state index is 6.25. The molecule has 1 atom stereocenters. The molecule has 0 spiro atoms. The van der Waals surface area contributed by atoms with Gasteiger partial charge in [0.25, 0.3) is 5.89 Å². The summed E-state index contributed by atoms with van der Waals surface area (Å²) in [5, 5.41) is 4.59. The number of nitrogens with zero attached hydrogens (tertiary/aromatic N) is 2. The highest BCUT2D eigenvalue weighted by Crippen LogP contribution is 2.32. The van der Waals surface area contributed by atoms with Crippen LogP contribution in [0.5, 0.6) is 0 Å². The third kappa shape index (κ3) is 2.80. The summed E-state index contributed by atoms with van der Waals surface area (Å²) in [4.78, 5) is 4.36. The van der Waals surface area contributed by atoms with Crippen molar-refractivity contribution >= 4 is 11.6 Å². The Bertz CT molecular complexity index is 587. The summed E-state index contributed by atoms with van der Waals surface area (Å²) in [5.74, 6) is 0.906. The van der Waals surface area contributed by atoms with Crippen LogP contribution in [0, 0.1) is 12.3 Å². The first-order valence-corrected chi connectivity index (χ1v) is 6.53. The second-order valence-electron chi connectivity index (χ2n) is 5.74. The predicted molar refractivity (Wildman–Crippen MR) is 75.9 cm³/mol. The summed E-state index contributed by atoms with van der Waals surface area (Å²) in [5.41, 5.74) is 7.69. The fraction of sp³-hybridized carbons (Fsp3) is 0.429. The van der Waals surface area contributed by atoms with Crippen molar-refractivity contribution in [2.75, 3.05) is 0 Å². The molecule has 102 valence electrons. The average Bonchev–Trinajstić information content (AvgIpc) is 2.79. The van der Waals surface area contributed by atoms with Crippen LogP contribution in [-0.2, 0) is 0 Å². The third-order valence-corrected chi connectivity index (χ3v) is 3.58. The summed E-state index contributed by atoms with van der Waals surface area (Å²) in [6, 6.07) is 5.41. The number of hydrogen-bond acceptors (Lipinski definition) is 4. The molecule has 0 aliphatic heterocycles. The van der Waals surface area contributed by atoms with E-state index in [1.165, 1.54) is 0 Å². The van der Waals surface area contributed by atoms with Crippen LogP contribution in [-0.4, -0.2) is 10.1 Å².